The van der Waals surface area contributed by atoms with E-state index in [9.17, 15) is 24.3 Å². The molecule has 2 amide bonds. The van der Waals surface area contributed by atoms with Gasteiger partial charge in [0.2, 0.25) is 0 Å². The molecule has 1 aliphatic rings. The van der Waals surface area contributed by atoms with Gasteiger partial charge in [-0.2, -0.15) is 0 Å². The van der Waals surface area contributed by atoms with Crippen LogP contribution in [0.1, 0.15) is 51.7 Å². The van der Waals surface area contributed by atoms with Gasteiger partial charge in [0.15, 0.2) is 6.04 Å². The normalized spacial score (nSPS) is 14.8. The Labute approximate surface area is 215 Å². The SMILES string of the molecule is C[C@H](NC(=O)OCC1c2ccccc2-c2ccccc21)C(=O)O[C@@H](C)[C@H](NC(=O)OC(C)(C)C)C(=O)O. The van der Waals surface area contributed by atoms with Crippen LogP contribution >= 0.6 is 0 Å². The maximum absolute atomic E-state index is 12.5. The number of fused-ring (bicyclic) bond motifs is 3. The summed E-state index contributed by atoms with van der Waals surface area (Å²) in [5.74, 6) is -2.45. The lowest BCUT2D eigenvalue weighted by Crippen LogP contribution is -2.51. The maximum atomic E-state index is 12.5. The second kappa shape index (κ2) is 11.3. The zero-order valence-corrected chi connectivity index (χ0v) is 21.4. The molecule has 0 saturated heterocycles. The van der Waals surface area contributed by atoms with Crippen LogP contribution in [0.3, 0.4) is 0 Å². The summed E-state index contributed by atoms with van der Waals surface area (Å²) in [5, 5.41) is 14.0. The Morgan fingerprint density at radius 2 is 1.43 bits per heavy atom. The van der Waals surface area contributed by atoms with Gasteiger partial charge in [0, 0.05) is 5.92 Å². The standard InChI is InChI=1S/C27H32N2O8/c1-15(24(32)36-16(2)22(23(30)31)29-26(34)37-27(3,4)5)28-25(33)35-14-21-19-12-8-6-10-17(19)18-11-7-9-13-20(18)21/h6-13,15-16,21-22H,14H2,1-5H3,(H,28,33)(H,29,34)(H,30,31)/t15-,16-,22-/m0/s1. The Balaban J connectivity index is 1.54. The van der Waals surface area contributed by atoms with Gasteiger partial charge in [0.05, 0.1) is 0 Å². The number of esters is 1. The number of hydrogen-bond donors (Lipinski definition) is 3. The smallest absolute Gasteiger partial charge is 0.408 e. The highest BCUT2D eigenvalue weighted by molar-refractivity contribution is 5.84. The van der Waals surface area contributed by atoms with Gasteiger partial charge >= 0.3 is 24.1 Å². The van der Waals surface area contributed by atoms with E-state index >= 15 is 0 Å². The second-order valence-electron chi connectivity index (χ2n) is 9.80. The van der Waals surface area contributed by atoms with E-state index in [1.165, 1.54) is 13.8 Å². The number of carbonyl (C=O) groups is 4. The van der Waals surface area contributed by atoms with E-state index in [0.29, 0.717) is 0 Å². The fourth-order valence-electron chi connectivity index (χ4n) is 4.04. The minimum atomic E-state index is -1.56. The third-order valence-corrected chi connectivity index (χ3v) is 5.74. The number of alkyl carbamates (subject to hydrolysis) is 2. The van der Waals surface area contributed by atoms with Crippen molar-refractivity contribution in [2.24, 2.45) is 0 Å². The van der Waals surface area contributed by atoms with Crippen LogP contribution in [0.15, 0.2) is 48.5 Å². The Bertz CT molecular complexity index is 1130. The molecule has 3 atom stereocenters. The van der Waals surface area contributed by atoms with Crippen molar-refractivity contribution in [2.75, 3.05) is 6.61 Å². The van der Waals surface area contributed by atoms with Crippen LogP contribution in [0.4, 0.5) is 9.59 Å². The lowest BCUT2D eigenvalue weighted by atomic mass is 9.98. The lowest BCUT2D eigenvalue weighted by Gasteiger charge is -2.25. The van der Waals surface area contributed by atoms with Crippen molar-refractivity contribution in [1.82, 2.24) is 10.6 Å². The molecule has 0 fully saturated rings. The highest BCUT2D eigenvalue weighted by atomic mass is 16.6. The molecule has 2 aromatic rings. The topological polar surface area (TPSA) is 140 Å². The fraction of sp³-hybridized carbons (Fsp3) is 0.407. The number of aliphatic carboxylic acids is 1. The van der Waals surface area contributed by atoms with Gasteiger partial charge in [-0.05, 0) is 56.9 Å². The Morgan fingerprint density at radius 3 is 1.95 bits per heavy atom. The Hall–Kier alpha value is -4.08. The van der Waals surface area contributed by atoms with Crippen LogP contribution in [-0.4, -0.2) is 59.6 Å². The van der Waals surface area contributed by atoms with Gasteiger partial charge in [-0.25, -0.2) is 19.2 Å². The molecule has 37 heavy (non-hydrogen) atoms. The summed E-state index contributed by atoms with van der Waals surface area (Å²) in [7, 11) is 0. The molecule has 2 aromatic carbocycles. The number of amides is 2. The zero-order chi connectivity index (χ0) is 27.3. The molecule has 0 aromatic heterocycles. The molecular weight excluding hydrogens is 480 g/mol. The van der Waals surface area contributed by atoms with Crippen LogP contribution in [-0.2, 0) is 23.8 Å². The Morgan fingerprint density at radius 1 is 0.892 bits per heavy atom. The van der Waals surface area contributed by atoms with Crippen molar-refractivity contribution in [1.29, 1.82) is 0 Å². The summed E-state index contributed by atoms with van der Waals surface area (Å²) in [6, 6.07) is 13.1. The highest BCUT2D eigenvalue weighted by Gasteiger charge is 2.33. The molecule has 0 radical (unpaired) electrons. The minimum Gasteiger partial charge on any atom is -0.480 e. The summed E-state index contributed by atoms with van der Waals surface area (Å²) >= 11 is 0. The first kappa shape index (κ1) is 27.5. The number of benzene rings is 2. The van der Waals surface area contributed by atoms with Gasteiger partial charge in [0.1, 0.15) is 24.4 Å². The second-order valence-corrected chi connectivity index (χ2v) is 9.80. The molecule has 0 saturated carbocycles. The van der Waals surface area contributed by atoms with Crippen LogP contribution < -0.4 is 10.6 Å². The molecule has 10 heteroatoms. The maximum Gasteiger partial charge on any atom is 0.408 e. The predicted octanol–water partition coefficient (Wildman–Crippen LogP) is 3.82. The highest BCUT2D eigenvalue weighted by Crippen LogP contribution is 2.44. The average molecular weight is 513 g/mol. The molecule has 0 aliphatic heterocycles. The van der Waals surface area contributed by atoms with Crippen molar-refractivity contribution in [3.8, 4) is 11.1 Å². The van der Waals surface area contributed by atoms with E-state index in [0.717, 1.165) is 22.3 Å². The number of carboxylic acids is 1. The number of nitrogens with one attached hydrogen (secondary N) is 2. The summed E-state index contributed by atoms with van der Waals surface area (Å²) in [6.45, 7) is 7.65. The van der Waals surface area contributed by atoms with E-state index in [-0.39, 0.29) is 12.5 Å². The fourth-order valence-corrected chi connectivity index (χ4v) is 4.04. The first-order chi connectivity index (χ1) is 17.4. The molecular formula is C27H32N2O8. The lowest BCUT2D eigenvalue weighted by molar-refractivity contribution is -0.156. The number of carboxylic acid groups (broad SMARTS) is 1. The monoisotopic (exact) mass is 512 g/mol. The summed E-state index contributed by atoms with van der Waals surface area (Å²) in [6.07, 6.45) is -3.03. The van der Waals surface area contributed by atoms with Crippen molar-refractivity contribution in [3.05, 3.63) is 59.7 Å². The molecule has 10 nitrogen and oxygen atoms in total. The van der Waals surface area contributed by atoms with E-state index in [2.05, 4.69) is 10.6 Å². The Kier molecular flexibility index (Phi) is 8.42. The van der Waals surface area contributed by atoms with Gasteiger partial charge in [-0.1, -0.05) is 48.5 Å². The zero-order valence-electron chi connectivity index (χ0n) is 21.4. The van der Waals surface area contributed by atoms with E-state index < -0.39 is 47.9 Å². The third kappa shape index (κ3) is 6.99. The molecule has 0 heterocycles. The number of carbonyl (C=O) groups excluding carboxylic acids is 3. The van der Waals surface area contributed by atoms with Crippen LogP contribution in [0.2, 0.25) is 0 Å². The van der Waals surface area contributed by atoms with E-state index in [4.69, 9.17) is 14.2 Å². The predicted molar refractivity (Wildman–Crippen MR) is 134 cm³/mol. The van der Waals surface area contributed by atoms with Crippen LogP contribution in [0.5, 0.6) is 0 Å². The number of rotatable bonds is 8. The molecule has 3 rings (SSSR count). The number of ether oxygens (including phenoxy) is 3. The first-order valence-electron chi connectivity index (χ1n) is 11.9. The summed E-state index contributed by atoms with van der Waals surface area (Å²) in [4.78, 5) is 48.5. The molecule has 3 N–H and O–H groups in total. The van der Waals surface area contributed by atoms with Crippen molar-refractivity contribution in [2.45, 2.75) is 64.3 Å². The third-order valence-electron chi connectivity index (χ3n) is 5.74. The van der Waals surface area contributed by atoms with E-state index in [1.54, 1.807) is 20.8 Å². The van der Waals surface area contributed by atoms with Crippen molar-refractivity contribution >= 4 is 24.1 Å². The van der Waals surface area contributed by atoms with Crippen molar-refractivity contribution in [3.63, 3.8) is 0 Å². The first-order valence-corrected chi connectivity index (χ1v) is 11.9. The van der Waals surface area contributed by atoms with Crippen LogP contribution in [0.25, 0.3) is 11.1 Å². The van der Waals surface area contributed by atoms with Gasteiger partial charge in [0.25, 0.3) is 0 Å². The molecule has 0 spiro atoms. The summed E-state index contributed by atoms with van der Waals surface area (Å²) < 4.78 is 15.7. The van der Waals surface area contributed by atoms with E-state index in [1.807, 2.05) is 48.5 Å². The largest absolute Gasteiger partial charge is 0.480 e. The summed E-state index contributed by atoms with van der Waals surface area (Å²) in [5.41, 5.74) is 3.44. The molecule has 1 aliphatic carbocycles. The molecule has 198 valence electrons. The minimum absolute atomic E-state index is 0.0684. The average Bonchev–Trinajstić information content (AvgIpc) is 3.13. The van der Waals surface area contributed by atoms with Crippen molar-refractivity contribution < 1.29 is 38.5 Å². The van der Waals surface area contributed by atoms with Gasteiger partial charge in [-0.3, -0.25) is 0 Å². The van der Waals surface area contributed by atoms with Crippen LogP contribution in [0, 0.1) is 0 Å². The van der Waals surface area contributed by atoms with Gasteiger partial charge in [-0.15, -0.1) is 0 Å². The van der Waals surface area contributed by atoms with Gasteiger partial charge < -0.3 is 30.0 Å². The molecule has 0 bridgehead atoms. The number of hydrogen-bond acceptors (Lipinski definition) is 7. The quantitative estimate of drug-likeness (QED) is 0.358. The molecule has 0 unspecified atom stereocenters.